The number of carbonyl (C=O) groups is 1. The first-order valence-electron chi connectivity index (χ1n) is 8.91. The Kier molecular flexibility index (Phi) is 7.89. The van der Waals surface area contributed by atoms with Crippen LogP contribution < -0.4 is 9.64 Å². The third-order valence-electron chi connectivity index (χ3n) is 4.63. The van der Waals surface area contributed by atoms with E-state index in [1.165, 1.54) is 25.6 Å². The molecule has 0 aromatic heterocycles. The first kappa shape index (κ1) is 18.6. The Bertz CT molecular complexity index is 499. The van der Waals surface area contributed by atoms with Crippen molar-refractivity contribution in [3.8, 4) is 5.75 Å². The first-order valence-corrected chi connectivity index (χ1v) is 8.91. The van der Waals surface area contributed by atoms with Crippen molar-refractivity contribution in [3.05, 3.63) is 24.3 Å². The normalized spacial score (nSPS) is 15.3. The molecule has 2 rings (SSSR count). The molecule has 0 amide bonds. The third kappa shape index (κ3) is 5.71. The lowest BCUT2D eigenvalue weighted by molar-refractivity contribution is -0.140. The summed E-state index contributed by atoms with van der Waals surface area (Å²) in [5, 5.41) is 0. The summed E-state index contributed by atoms with van der Waals surface area (Å²) >= 11 is 0. The van der Waals surface area contributed by atoms with E-state index in [0.717, 1.165) is 51.3 Å². The van der Waals surface area contributed by atoms with Crippen LogP contribution in [0.4, 0.5) is 5.69 Å². The summed E-state index contributed by atoms with van der Waals surface area (Å²) in [7, 11) is 3.18. The van der Waals surface area contributed by atoms with Crippen molar-refractivity contribution in [2.75, 3.05) is 51.8 Å². The number of unbranched alkanes of at least 4 members (excludes halogenated alkanes) is 3. The SMILES string of the molecule is COC(=O)CCCCCCN1CCN(c2ccccc2OC)CC1. The molecule has 1 aromatic carbocycles. The quantitative estimate of drug-likeness (QED) is 0.513. The molecular formula is C19H30N2O3. The summed E-state index contributed by atoms with van der Waals surface area (Å²) in [4.78, 5) is 16.0. The van der Waals surface area contributed by atoms with Crippen molar-refractivity contribution >= 4 is 11.7 Å². The molecule has 134 valence electrons. The Morgan fingerprint density at radius 1 is 1.00 bits per heavy atom. The van der Waals surface area contributed by atoms with Crippen LogP contribution in [0, 0.1) is 0 Å². The van der Waals surface area contributed by atoms with Crippen LogP contribution in [-0.4, -0.2) is 57.8 Å². The molecule has 1 aliphatic heterocycles. The van der Waals surface area contributed by atoms with Crippen molar-refractivity contribution in [1.29, 1.82) is 0 Å². The molecule has 0 spiro atoms. The van der Waals surface area contributed by atoms with Gasteiger partial charge in [-0.15, -0.1) is 0 Å². The molecule has 0 unspecified atom stereocenters. The Labute approximate surface area is 145 Å². The van der Waals surface area contributed by atoms with E-state index in [9.17, 15) is 4.79 Å². The molecule has 0 atom stereocenters. The first-order chi connectivity index (χ1) is 11.7. The second-order valence-electron chi connectivity index (χ2n) is 6.24. The van der Waals surface area contributed by atoms with Gasteiger partial charge in [0.15, 0.2) is 0 Å². The van der Waals surface area contributed by atoms with Crippen molar-refractivity contribution in [2.45, 2.75) is 32.1 Å². The zero-order chi connectivity index (χ0) is 17.2. The number of rotatable bonds is 9. The van der Waals surface area contributed by atoms with Gasteiger partial charge in [-0.25, -0.2) is 0 Å². The Balaban J connectivity index is 1.62. The van der Waals surface area contributed by atoms with Gasteiger partial charge in [-0.2, -0.15) is 0 Å². The fourth-order valence-electron chi connectivity index (χ4n) is 3.16. The van der Waals surface area contributed by atoms with Crippen molar-refractivity contribution in [1.82, 2.24) is 4.90 Å². The number of ether oxygens (including phenoxy) is 2. The highest BCUT2D eigenvalue weighted by atomic mass is 16.5. The highest BCUT2D eigenvalue weighted by Gasteiger charge is 2.18. The van der Waals surface area contributed by atoms with Crippen LogP contribution >= 0.6 is 0 Å². The number of esters is 1. The molecular weight excluding hydrogens is 304 g/mol. The van der Waals surface area contributed by atoms with Gasteiger partial charge < -0.3 is 14.4 Å². The number of carbonyl (C=O) groups excluding carboxylic acids is 1. The van der Waals surface area contributed by atoms with Gasteiger partial charge in [-0.3, -0.25) is 9.69 Å². The van der Waals surface area contributed by atoms with Gasteiger partial charge in [0.25, 0.3) is 0 Å². The molecule has 0 aliphatic carbocycles. The zero-order valence-corrected chi connectivity index (χ0v) is 15.0. The summed E-state index contributed by atoms with van der Waals surface area (Å²) in [6.45, 7) is 5.43. The molecule has 1 heterocycles. The lowest BCUT2D eigenvalue weighted by Gasteiger charge is -2.36. The highest BCUT2D eigenvalue weighted by molar-refractivity contribution is 5.68. The zero-order valence-electron chi connectivity index (χ0n) is 15.0. The molecule has 24 heavy (non-hydrogen) atoms. The molecule has 0 N–H and O–H groups in total. The minimum Gasteiger partial charge on any atom is -0.495 e. The van der Waals surface area contributed by atoms with E-state index in [2.05, 4.69) is 26.7 Å². The molecule has 1 fully saturated rings. The van der Waals surface area contributed by atoms with Crippen molar-refractivity contribution in [2.24, 2.45) is 0 Å². The third-order valence-corrected chi connectivity index (χ3v) is 4.63. The summed E-state index contributed by atoms with van der Waals surface area (Å²) < 4.78 is 10.1. The van der Waals surface area contributed by atoms with Crippen LogP contribution in [0.1, 0.15) is 32.1 Å². The minimum absolute atomic E-state index is 0.0949. The van der Waals surface area contributed by atoms with Gasteiger partial charge in [-0.1, -0.05) is 25.0 Å². The Morgan fingerprint density at radius 2 is 1.71 bits per heavy atom. The van der Waals surface area contributed by atoms with Gasteiger partial charge in [-0.05, 0) is 31.5 Å². The maximum absolute atomic E-state index is 11.0. The average Bonchev–Trinajstić information content (AvgIpc) is 2.64. The fourth-order valence-corrected chi connectivity index (χ4v) is 3.16. The van der Waals surface area contributed by atoms with E-state index in [1.54, 1.807) is 7.11 Å². The number of benzene rings is 1. The van der Waals surface area contributed by atoms with Crippen LogP contribution in [0.2, 0.25) is 0 Å². The number of piperazine rings is 1. The Hall–Kier alpha value is -1.75. The molecule has 0 saturated carbocycles. The molecule has 1 aromatic rings. The smallest absolute Gasteiger partial charge is 0.305 e. The van der Waals surface area contributed by atoms with Gasteiger partial charge in [0.1, 0.15) is 5.75 Å². The summed E-state index contributed by atoms with van der Waals surface area (Å²) in [6.07, 6.45) is 4.98. The van der Waals surface area contributed by atoms with E-state index in [4.69, 9.17) is 4.74 Å². The Morgan fingerprint density at radius 3 is 2.42 bits per heavy atom. The maximum atomic E-state index is 11.0. The lowest BCUT2D eigenvalue weighted by atomic mass is 10.1. The lowest BCUT2D eigenvalue weighted by Crippen LogP contribution is -2.46. The fraction of sp³-hybridized carbons (Fsp3) is 0.632. The molecule has 1 saturated heterocycles. The van der Waals surface area contributed by atoms with Gasteiger partial charge in [0.2, 0.25) is 0 Å². The second kappa shape index (κ2) is 10.2. The van der Waals surface area contributed by atoms with Crippen LogP contribution in [0.25, 0.3) is 0 Å². The summed E-state index contributed by atoms with van der Waals surface area (Å²) in [5.41, 5.74) is 1.20. The monoisotopic (exact) mass is 334 g/mol. The van der Waals surface area contributed by atoms with E-state index in [0.29, 0.717) is 6.42 Å². The van der Waals surface area contributed by atoms with Gasteiger partial charge in [0, 0.05) is 32.6 Å². The molecule has 5 heteroatoms. The summed E-state index contributed by atoms with van der Waals surface area (Å²) in [5.74, 6) is 0.860. The van der Waals surface area contributed by atoms with Gasteiger partial charge in [0.05, 0.1) is 19.9 Å². The van der Waals surface area contributed by atoms with Crippen molar-refractivity contribution < 1.29 is 14.3 Å². The van der Waals surface area contributed by atoms with Crippen LogP contribution in [0.5, 0.6) is 5.75 Å². The predicted octanol–water partition coefficient (Wildman–Crippen LogP) is 2.94. The number of hydrogen-bond acceptors (Lipinski definition) is 5. The number of para-hydroxylation sites is 2. The molecule has 1 aliphatic rings. The van der Waals surface area contributed by atoms with Gasteiger partial charge >= 0.3 is 5.97 Å². The van der Waals surface area contributed by atoms with E-state index in [1.807, 2.05) is 12.1 Å². The van der Waals surface area contributed by atoms with E-state index in [-0.39, 0.29) is 5.97 Å². The number of anilines is 1. The predicted molar refractivity (Wildman–Crippen MR) is 96.7 cm³/mol. The number of nitrogens with zero attached hydrogens (tertiary/aromatic N) is 2. The summed E-state index contributed by atoms with van der Waals surface area (Å²) in [6, 6.07) is 8.24. The average molecular weight is 334 g/mol. The van der Waals surface area contributed by atoms with Crippen LogP contribution in [0.3, 0.4) is 0 Å². The van der Waals surface area contributed by atoms with Crippen LogP contribution in [0.15, 0.2) is 24.3 Å². The number of hydrogen-bond donors (Lipinski definition) is 0. The largest absolute Gasteiger partial charge is 0.495 e. The number of methoxy groups -OCH3 is 2. The molecule has 5 nitrogen and oxygen atoms in total. The molecule has 0 radical (unpaired) electrons. The minimum atomic E-state index is -0.0949. The highest BCUT2D eigenvalue weighted by Crippen LogP contribution is 2.28. The maximum Gasteiger partial charge on any atom is 0.305 e. The van der Waals surface area contributed by atoms with E-state index >= 15 is 0 Å². The van der Waals surface area contributed by atoms with Crippen molar-refractivity contribution in [3.63, 3.8) is 0 Å². The topological polar surface area (TPSA) is 42.0 Å². The molecule has 0 bridgehead atoms. The standard InChI is InChI=1S/C19H30N2O3/c1-23-18-10-7-6-9-17(18)21-15-13-20(14-16-21)12-8-4-3-5-11-19(22)24-2/h6-7,9-10H,3-5,8,11-16H2,1-2H3. The van der Waals surface area contributed by atoms with Crippen LogP contribution in [-0.2, 0) is 9.53 Å². The second-order valence-corrected chi connectivity index (χ2v) is 6.24. The van der Waals surface area contributed by atoms with E-state index < -0.39 is 0 Å².